The highest BCUT2D eigenvalue weighted by Gasteiger charge is 2.02. The minimum absolute atomic E-state index is 0.390. The second kappa shape index (κ2) is 2.44. The maximum Gasteiger partial charge on any atom is 0.126 e. The highest BCUT2D eigenvalue weighted by molar-refractivity contribution is 5.26. The lowest BCUT2D eigenvalue weighted by Gasteiger charge is -2.03. The number of nitrogens with zero attached hydrogens (tertiary/aromatic N) is 1. The molecule has 0 saturated heterocycles. The molecule has 0 spiro atoms. The molecule has 0 heterocycles. The summed E-state index contributed by atoms with van der Waals surface area (Å²) in [6, 6.07) is 0. The van der Waals surface area contributed by atoms with Gasteiger partial charge >= 0.3 is 0 Å². The van der Waals surface area contributed by atoms with E-state index >= 15 is 0 Å². The zero-order valence-corrected chi connectivity index (χ0v) is 5.00. The van der Waals surface area contributed by atoms with Crippen LogP contribution in [0.4, 0.5) is 0 Å². The van der Waals surface area contributed by atoms with Crippen LogP contribution in [0.15, 0.2) is 28.7 Å². The first-order chi connectivity index (χ1) is 4.34. The smallest absolute Gasteiger partial charge is 0.126 e. The molecule has 48 valence electrons. The summed E-state index contributed by atoms with van der Waals surface area (Å²) < 4.78 is 0. The number of hydrogen-bond donors (Lipinski definition) is 1. The third-order valence-corrected chi connectivity index (χ3v) is 1.28. The van der Waals surface area contributed by atoms with Crippen LogP contribution < -0.4 is 5.73 Å². The minimum Gasteiger partial charge on any atom is -0.400 e. The molecule has 0 aromatic rings. The summed E-state index contributed by atoms with van der Waals surface area (Å²) in [5.74, 6) is 0. The summed E-state index contributed by atoms with van der Waals surface area (Å²) in [6.45, 7) is 0. The number of nitrogens with two attached hydrogens (primary N) is 1. The van der Waals surface area contributed by atoms with Gasteiger partial charge < -0.3 is 5.73 Å². The first kappa shape index (κ1) is 6.01. The van der Waals surface area contributed by atoms with Crippen molar-refractivity contribution in [3.63, 3.8) is 0 Å². The molecular formula is C6H8N2O. The van der Waals surface area contributed by atoms with E-state index in [2.05, 4.69) is 5.18 Å². The van der Waals surface area contributed by atoms with E-state index in [9.17, 15) is 4.91 Å². The molecule has 0 aromatic carbocycles. The normalized spacial score (nSPS) is 18.2. The van der Waals surface area contributed by atoms with Crippen molar-refractivity contribution in [2.75, 3.05) is 0 Å². The van der Waals surface area contributed by atoms with Gasteiger partial charge in [0.25, 0.3) is 0 Å². The maximum absolute atomic E-state index is 9.93. The van der Waals surface area contributed by atoms with Crippen molar-refractivity contribution in [1.82, 2.24) is 0 Å². The highest BCUT2D eigenvalue weighted by atomic mass is 16.3. The van der Waals surface area contributed by atoms with E-state index in [0.29, 0.717) is 11.4 Å². The van der Waals surface area contributed by atoms with E-state index in [4.69, 9.17) is 5.73 Å². The second-order valence-electron chi connectivity index (χ2n) is 1.94. The molecule has 1 aliphatic rings. The average molecular weight is 124 g/mol. The molecule has 0 fully saturated rings. The first-order valence-corrected chi connectivity index (χ1v) is 2.83. The van der Waals surface area contributed by atoms with Gasteiger partial charge in [0.2, 0.25) is 0 Å². The van der Waals surface area contributed by atoms with Crippen molar-refractivity contribution < 1.29 is 0 Å². The standard InChI is InChI=1S/C6H8N2O/c7-5-3-1-2-4-6(5)8-9/h2,4H,1,3,7H2. The van der Waals surface area contributed by atoms with Gasteiger partial charge in [-0.25, -0.2) is 0 Å². The van der Waals surface area contributed by atoms with E-state index in [1.54, 1.807) is 6.08 Å². The van der Waals surface area contributed by atoms with Gasteiger partial charge in [0.1, 0.15) is 5.70 Å². The molecule has 1 rings (SSSR count). The fraction of sp³-hybridized carbons (Fsp3) is 0.333. The number of rotatable bonds is 1. The zero-order valence-electron chi connectivity index (χ0n) is 5.00. The van der Waals surface area contributed by atoms with Crippen molar-refractivity contribution in [3.05, 3.63) is 28.5 Å². The largest absolute Gasteiger partial charge is 0.400 e. The summed E-state index contributed by atoms with van der Waals surface area (Å²) in [7, 11) is 0. The summed E-state index contributed by atoms with van der Waals surface area (Å²) in [4.78, 5) is 9.93. The first-order valence-electron chi connectivity index (χ1n) is 2.83. The second-order valence-corrected chi connectivity index (χ2v) is 1.94. The summed E-state index contributed by atoms with van der Waals surface area (Å²) in [6.07, 6.45) is 5.24. The van der Waals surface area contributed by atoms with Gasteiger partial charge in [-0.1, -0.05) is 6.08 Å². The van der Waals surface area contributed by atoms with Crippen LogP contribution in [0.3, 0.4) is 0 Å². The van der Waals surface area contributed by atoms with Gasteiger partial charge in [0.15, 0.2) is 0 Å². The maximum atomic E-state index is 9.93. The Kier molecular flexibility index (Phi) is 1.63. The van der Waals surface area contributed by atoms with Gasteiger partial charge in [-0.2, -0.15) is 0 Å². The Morgan fingerprint density at radius 1 is 1.67 bits per heavy atom. The Morgan fingerprint density at radius 2 is 2.44 bits per heavy atom. The lowest BCUT2D eigenvalue weighted by Crippen LogP contribution is -2.02. The van der Waals surface area contributed by atoms with Crippen LogP contribution in [0.5, 0.6) is 0 Å². The van der Waals surface area contributed by atoms with E-state index in [1.165, 1.54) is 0 Å². The SMILES string of the molecule is NC1=C(N=O)C=CCC1. The van der Waals surface area contributed by atoms with Crippen molar-refractivity contribution in [1.29, 1.82) is 0 Å². The van der Waals surface area contributed by atoms with Crippen LogP contribution >= 0.6 is 0 Å². The van der Waals surface area contributed by atoms with Crippen molar-refractivity contribution >= 4 is 0 Å². The molecule has 1 aliphatic carbocycles. The van der Waals surface area contributed by atoms with Crippen molar-refractivity contribution in [3.8, 4) is 0 Å². The molecule has 3 nitrogen and oxygen atoms in total. The molecule has 0 unspecified atom stereocenters. The Hall–Kier alpha value is -1.12. The minimum atomic E-state index is 0.390. The molecule has 0 radical (unpaired) electrons. The molecule has 2 N–H and O–H groups in total. The number of hydrogen-bond acceptors (Lipinski definition) is 3. The summed E-state index contributed by atoms with van der Waals surface area (Å²) in [5, 5.41) is 2.75. The van der Waals surface area contributed by atoms with Crippen molar-refractivity contribution in [2.24, 2.45) is 10.9 Å². The monoisotopic (exact) mass is 124 g/mol. The summed E-state index contributed by atoms with van der Waals surface area (Å²) in [5.41, 5.74) is 6.42. The molecule has 0 atom stereocenters. The molecular weight excluding hydrogens is 116 g/mol. The Bertz CT molecular complexity index is 181. The topological polar surface area (TPSA) is 55.4 Å². The fourth-order valence-electron chi connectivity index (χ4n) is 0.758. The molecule has 9 heavy (non-hydrogen) atoms. The quantitative estimate of drug-likeness (QED) is 0.535. The van der Waals surface area contributed by atoms with Gasteiger partial charge in [-0.3, -0.25) is 0 Å². The third kappa shape index (κ3) is 1.16. The van der Waals surface area contributed by atoms with Crippen molar-refractivity contribution in [2.45, 2.75) is 12.8 Å². The highest BCUT2D eigenvalue weighted by Crippen LogP contribution is 2.14. The van der Waals surface area contributed by atoms with Crippen LogP contribution in [-0.4, -0.2) is 0 Å². The fourth-order valence-corrected chi connectivity index (χ4v) is 0.758. The van der Waals surface area contributed by atoms with Crippen LogP contribution in [0.1, 0.15) is 12.8 Å². The Labute approximate surface area is 53.2 Å². The predicted molar refractivity (Wildman–Crippen MR) is 35.4 cm³/mol. The number of nitroso groups, excluding NO2 is 1. The third-order valence-electron chi connectivity index (χ3n) is 1.28. The van der Waals surface area contributed by atoms with Crippen LogP contribution in [0.2, 0.25) is 0 Å². The molecule has 0 aromatic heterocycles. The molecule has 0 saturated carbocycles. The molecule has 0 bridgehead atoms. The molecule has 0 amide bonds. The molecule has 3 heteroatoms. The van der Waals surface area contributed by atoms with Crippen LogP contribution in [-0.2, 0) is 0 Å². The van der Waals surface area contributed by atoms with E-state index in [-0.39, 0.29) is 0 Å². The zero-order chi connectivity index (χ0) is 6.69. The lowest BCUT2D eigenvalue weighted by molar-refractivity contribution is 0.915. The Morgan fingerprint density at radius 3 is 2.89 bits per heavy atom. The number of allylic oxidation sites excluding steroid dienone is 3. The van der Waals surface area contributed by atoms with Crippen LogP contribution in [0.25, 0.3) is 0 Å². The van der Waals surface area contributed by atoms with Gasteiger partial charge in [0, 0.05) is 5.70 Å². The Balaban J connectivity index is 2.84. The van der Waals surface area contributed by atoms with E-state index in [0.717, 1.165) is 12.8 Å². The van der Waals surface area contributed by atoms with Gasteiger partial charge in [-0.15, -0.1) is 4.91 Å². The van der Waals surface area contributed by atoms with E-state index < -0.39 is 0 Å². The summed E-state index contributed by atoms with van der Waals surface area (Å²) >= 11 is 0. The van der Waals surface area contributed by atoms with Gasteiger partial charge in [-0.05, 0) is 24.1 Å². The predicted octanol–water partition coefficient (Wildman–Crippen LogP) is 1.27. The van der Waals surface area contributed by atoms with Crippen LogP contribution in [0, 0.1) is 4.91 Å². The van der Waals surface area contributed by atoms with Gasteiger partial charge in [0.05, 0.1) is 0 Å². The average Bonchev–Trinajstić information content (AvgIpc) is 1.89. The van der Waals surface area contributed by atoms with E-state index in [1.807, 2.05) is 6.08 Å². The lowest BCUT2D eigenvalue weighted by atomic mass is 10.1. The molecule has 0 aliphatic heterocycles.